The lowest BCUT2D eigenvalue weighted by atomic mass is 9.98. The number of anilines is 1. The third-order valence-corrected chi connectivity index (χ3v) is 6.69. The van der Waals surface area contributed by atoms with Crippen molar-refractivity contribution in [2.45, 2.75) is 43.7 Å². The third-order valence-electron chi connectivity index (χ3n) is 6.25. The van der Waals surface area contributed by atoms with Crippen LogP contribution in [0.3, 0.4) is 0 Å². The predicted molar refractivity (Wildman–Crippen MR) is 152 cm³/mol. The summed E-state index contributed by atoms with van der Waals surface area (Å²) < 4.78 is 21.5. The summed E-state index contributed by atoms with van der Waals surface area (Å²) >= 11 is 11.9. The molecule has 4 rings (SSSR count). The summed E-state index contributed by atoms with van der Waals surface area (Å²) in [6, 6.07) is 20.8. The number of nitrogens with one attached hydrogen (secondary N) is 2. The maximum atomic E-state index is 12.9. The van der Waals surface area contributed by atoms with Gasteiger partial charge in [-0.05, 0) is 42.8 Å². The van der Waals surface area contributed by atoms with Crippen molar-refractivity contribution in [1.29, 1.82) is 0 Å². The third kappa shape index (κ3) is 8.34. The molecule has 1 saturated heterocycles. The van der Waals surface area contributed by atoms with E-state index >= 15 is 0 Å². The van der Waals surface area contributed by atoms with Crippen molar-refractivity contribution >= 4 is 47.0 Å². The van der Waals surface area contributed by atoms with Gasteiger partial charge in [0.25, 0.3) is 0 Å². The van der Waals surface area contributed by atoms with E-state index in [1.807, 2.05) is 6.07 Å². The lowest BCUT2D eigenvalue weighted by molar-refractivity contribution is -0.284. The molecule has 11 nitrogen and oxygen atoms in total. The van der Waals surface area contributed by atoms with E-state index in [0.717, 1.165) is 5.56 Å². The summed E-state index contributed by atoms with van der Waals surface area (Å²) in [7, 11) is 0. The second-order valence-corrected chi connectivity index (χ2v) is 10.2. The van der Waals surface area contributed by atoms with E-state index in [9.17, 15) is 24.6 Å². The molecule has 42 heavy (non-hydrogen) atoms. The van der Waals surface area contributed by atoms with Gasteiger partial charge >= 0.3 is 18.2 Å². The minimum atomic E-state index is -1.85. The number of alkyl carbamates (subject to hydrolysis) is 1. The van der Waals surface area contributed by atoms with Gasteiger partial charge in [0.2, 0.25) is 0 Å². The molecule has 6 atom stereocenters. The lowest BCUT2D eigenvalue weighted by Gasteiger charge is -2.41. The van der Waals surface area contributed by atoms with Crippen molar-refractivity contribution in [3.8, 4) is 0 Å². The number of esters is 1. The van der Waals surface area contributed by atoms with E-state index in [0.29, 0.717) is 0 Å². The first-order valence-electron chi connectivity index (χ1n) is 12.8. The van der Waals surface area contributed by atoms with Crippen LogP contribution in [-0.2, 0) is 18.9 Å². The fourth-order valence-corrected chi connectivity index (χ4v) is 4.69. The number of carbonyl (C=O) groups excluding carboxylic acids is 3. The van der Waals surface area contributed by atoms with Gasteiger partial charge in [0, 0.05) is 15.7 Å². The van der Waals surface area contributed by atoms with E-state index in [-0.39, 0.29) is 21.3 Å². The molecule has 1 aliphatic heterocycles. The van der Waals surface area contributed by atoms with Crippen LogP contribution in [0.5, 0.6) is 0 Å². The molecular formula is C29H28Cl2N2O9. The van der Waals surface area contributed by atoms with Gasteiger partial charge in [-0.1, -0.05) is 71.7 Å². The number of benzene rings is 3. The zero-order valence-electron chi connectivity index (χ0n) is 22.2. The summed E-state index contributed by atoms with van der Waals surface area (Å²) in [5, 5.41) is 27.5. The van der Waals surface area contributed by atoms with Gasteiger partial charge < -0.3 is 34.5 Å². The highest BCUT2D eigenvalue weighted by molar-refractivity contribution is 6.35. The molecule has 222 valence electrons. The fourth-order valence-electron chi connectivity index (χ4n) is 4.17. The van der Waals surface area contributed by atoms with Crippen molar-refractivity contribution < 1.29 is 43.5 Å². The second kappa shape index (κ2) is 14.3. The summed E-state index contributed by atoms with van der Waals surface area (Å²) in [6.45, 7) is 1.15. The Morgan fingerprint density at radius 3 is 2.14 bits per heavy atom. The number of aliphatic hydroxyl groups is 2. The zero-order valence-corrected chi connectivity index (χ0v) is 23.7. The van der Waals surface area contributed by atoms with E-state index in [2.05, 4.69) is 10.6 Å². The first-order valence-corrected chi connectivity index (χ1v) is 13.6. The average molecular weight is 619 g/mol. The van der Waals surface area contributed by atoms with Gasteiger partial charge in [-0.2, -0.15) is 0 Å². The maximum absolute atomic E-state index is 12.9. The van der Waals surface area contributed by atoms with Crippen LogP contribution in [0.15, 0.2) is 78.9 Å². The fraction of sp³-hybridized carbons (Fsp3) is 0.276. The van der Waals surface area contributed by atoms with E-state index in [1.54, 1.807) is 49.4 Å². The Balaban J connectivity index is 1.46. The Morgan fingerprint density at radius 2 is 1.50 bits per heavy atom. The molecule has 0 bridgehead atoms. The van der Waals surface area contributed by atoms with Gasteiger partial charge in [-0.25, -0.2) is 14.4 Å². The molecule has 3 aromatic carbocycles. The highest BCUT2D eigenvalue weighted by atomic mass is 35.5. The van der Waals surface area contributed by atoms with Gasteiger partial charge in [0.1, 0.15) is 18.8 Å². The highest BCUT2D eigenvalue weighted by Gasteiger charge is 2.50. The number of halogens is 2. The molecule has 13 heteroatoms. The molecule has 0 radical (unpaired) electrons. The first-order chi connectivity index (χ1) is 20.1. The molecule has 1 heterocycles. The van der Waals surface area contributed by atoms with Crippen LogP contribution < -0.4 is 10.6 Å². The Hall–Kier alpha value is -3.87. The molecule has 1 aliphatic rings. The van der Waals surface area contributed by atoms with Crippen LogP contribution in [-0.4, -0.2) is 65.7 Å². The summed E-state index contributed by atoms with van der Waals surface area (Å²) in [5.74, 6) is -0.851. The number of hydrogen-bond acceptors (Lipinski definition) is 9. The van der Waals surface area contributed by atoms with Crippen molar-refractivity contribution in [3.05, 3.63) is 100 Å². The molecule has 0 unspecified atom stereocenters. The van der Waals surface area contributed by atoms with Crippen LogP contribution in [0.25, 0.3) is 0 Å². The van der Waals surface area contributed by atoms with Crippen molar-refractivity contribution in [2.24, 2.45) is 0 Å². The number of aliphatic hydroxyl groups excluding tert-OH is 2. The molecule has 0 aliphatic carbocycles. The van der Waals surface area contributed by atoms with Crippen molar-refractivity contribution in [3.63, 3.8) is 0 Å². The molecule has 2 amide bonds. The van der Waals surface area contributed by atoms with Crippen LogP contribution in [0, 0.1) is 0 Å². The molecule has 4 N–H and O–H groups in total. The normalized spacial score (nSPS) is 22.4. The zero-order chi connectivity index (χ0) is 30.2. The van der Waals surface area contributed by atoms with Crippen molar-refractivity contribution in [2.75, 3.05) is 11.9 Å². The van der Waals surface area contributed by atoms with E-state index in [4.69, 9.17) is 42.1 Å². The molecule has 0 saturated carbocycles. The molecular weight excluding hydrogens is 591 g/mol. The van der Waals surface area contributed by atoms with Gasteiger partial charge in [-0.3, -0.25) is 5.32 Å². The number of ether oxygens (including phenoxy) is 4. The molecule has 1 fully saturated rings. The smallest absolute Gasteiger partial charge is 0.411 e. The standard InChI is InChI=1S/C29H28Cl2N2O9/c1-16(17-8-4-2-5-9-17)32-29(38)42-24-23(34)22(15-39-28(37)33-21-13-19(30)12-20(31)14-21)40-27(36)25(24)41-26(35)18-10-6-3-7-11-18/h2-14,16,22-25,27,34,36H,15H2,1H3,(H,32,38)(H,33,37)/t16-,22+,23+,24-,25+,27+/m0/s1. The average Bonchev–Trinajstić information content (AvgIpc) is 2.96. The van der Waals surface area contributed by atoms with E-state index in [1.165, 1.54) is 30.3 Å². The lowest BCUT2D eigenvalue weighted by Crippen LogP contribution is -2.61. The number of carbonyl (C=O) groups is 3. The van der Waals surface area contributed by atoms with Crippen LogP contribution in [0.1, 0.15) is 28.9 Å². The second-order valence-electron chi connectivity index (χ2n) is 9.32. The van der Waals surface area contributed by atoms with Crippen LogP contribution in [0.4, 0.5) is 15.3 Å². The first kappa shape index (κ1) is 31.1. The maximum Gasteiger partial charge on any atom is 0.411 e. The Bertz CT molecular complexity index is 1360. The topological polar surface area (TPSA) is 153 Å². The molecule has 0 spiro atoms. The monoisotopic (exact) mass is 618 g/mol. The Kier molecular flexibility index (Phi) is 10.6. The summed E-state index contributed by atoms with van der Waals surface area (Å²) in [5.41, 5.74) is 1.19. The largest absolute Gasteiger partial charge is 0.449 e. The molecule has 3 aromatic rings. The van der Waals surface area contributed by atoms with E-state index < -0.39 is 61.5 Å². The SMILES string of the molecule is C[C@H](NC(=O)O[C@H]1[C@H](O)[C@@H](COC(=O)Nc2cc(Cl)cc(Cl)c2)O[C@@H](O)[C@@H]1OC(=O)c1ccccc1)c1ccccc1. The quantitative estimate of drug-likeness (QED) is 0.208. The minimum absolute atomic E-state index is 0.156. The number of hydrogen-bond donors (Lipinski definition) is 4. The molecule has 0 aromatic heterocycles. The Morgan fingerprint density at radius 1 is 0.881 bits per heavy atom. The van der Waals surface area contributed by atoms with Crippen molar-refractivity contribution in [1.82, 2.24) is 5.32 Å². The van der Waals surface area contributed by atoms with Gasteiger partial charge in [-0.15, -0.1) is 0 Å². The van der Waals surface area contributed by atoms with Gasteiger partial charge in [0.15, 0.2) is 18.5 Å². The van der Waals surface area contributed by atoms with Crippen LogP contribution in [0.2, 0.25) is 10.0 Å². The predicted octanol–water partition coefficient (Wildman–Crippen LogP) is 4.70. The highest BCUT2D eigenvalue weighted by Crippen LogP contribution is 2.27. The van der Waals surface area contributed by atoms with Gasteiger partial charge in [0.05, 0.1) is 11.6 Å². The summed E-state index contributed by atoms with van der Waals surface area (Å²) in [6.07, 6.45) is -10.0. The Labute approximate surface area is 251 Å². The van der Waals surface area contributed by atoms with Crippen LogP contribution >= 0.6 is 23.2 Å². The number of rotatable bonds is 8. The minimum Gasteiger partial charge on any atom is -0.449 e. The summed E-state index contributed by atoms with van der Waals surface area (Å²) in [4.78, 5) is 38.0. The number of amides is 2.